The summed E-state index contributed by atoms with van der Waals surface area (Å²) in [5.41, 5.74) is 1.86. The molecule has 0 saturated heterocycles. The summed E-state index contributed by atoms with van der Waals surface area (Å²) < 4.78 is 11.2. The SMILES string of the molecule is CC(Nc1ccc2c(c1)CC(CNC(=O)OC(C)(C)C)O2)C1CC1. The number of carbonyl (C=O) groups excluding carboxylic acids is 1. The normalized spacial score (nSPS) is 20.8. The van der Waals surface area contributed by atoms with E-state index in [4.69, 9.17) is 9.47 Å². The molecule has 2 aliphatic rings. The molecule has 2 unspecified atom stereocenters. The van der Waals surface area contributed by atoms with E-state index in [2.05, 4.69) is 29.7 Å². The van der Waals surface area contributed by atoms with Gasteiger partial charge in [0.15, 0.2) is 0 Å². The molecular weight excluding hydrogens is 304 g/mol. The number of carbonyl (C=O) groups is 1. The summed E-state index contributed by atoms with van der Waals surface area (Å²) in [6, 6.07) is 6.78. The van der Waals surface area contributed by atoms with Gasteiger partial charge in [-0.25, -0.2) is 4.79 Å². The van der Waals surface area contributed by atoms with Gasteiger partial charge in [-0.05, 0) is 70.2 Å². The Bertz CT molecular complexity index is 605. The third kappa shape index (κ3) is 4.56. The highest BCUT2D eigenvalue weighted by Crippen LogP contribution is 2.35. The van der Waals surface area contributed by atoms with E-state index in [9.17, 15) is 4.79 Å². The highest BCUT2D eigenvalue weighted by atomic mass is 16.6. The molecule has 3 rings (SSSR count). The number of hydrogen-bond acceptors (Lipinski definition) is 4. The van der Waals surface area contributed by atoms with Crippen LogP contribution in [0.1, 0.15) is 46.1 Å². The van der Waals surface area contributed by atoms with Crippen LogP contribution in [-0.2, 0) is 11.2 Å². The third-order valence-corrected chi connectivity index (χ3v) is 4.40. The van der Waals surface area contributed by atoms with Crippen molar-refractivity contribution in [3.63, 3.8) is 0 Å². The minimum absolute atomic E-state index is 0.0383. The molecular formula is C19H28N2O3. The Morgan fingerprint density at radius 2 is 2.12 bits per heavy atom. The topological polar surface area (TPSA) is 59.6 Å². The van der Waals surface area contributed by atoms with Crippen LogP contribution in [-0.4, -0.2) is 30.4 Å². The fourth-order valence-corrected chi connectivity index (χ4v) is 3.01. The van der Waals surface area contributed by atoms with E-state index in [0.717, 1.165) is 23.8 Å². The number of rotatable bonds is 5. The molecule has 2 N–H and O–H groups in total. The summed E-state index contributed by atoms with van der Waals surface area (Å²) in [5.74, 6) is 1.73. The molecule has 1 fully saturated rings. The van der Waals surface area contributed by atoms with Gasteiger partial charge in [0.25, 0.3) is 0 Å². The van der Waals surface area contributed by atoms with Gasteiger partial charge < -0.3 is 20.1 Å². The summed E-state index contributed by atoms with van der Waals surface area (Å²) in [7, 11) is 0. The predicted molar refractivity (Wildman–Crippen MR) is 94.6 cm³/mol. The van der Waals surface area contributed by atoms with Crippen LogP contribution in [0.2, 0.25) is 0 Å². The van der Waals surface area contributed by atoms with Crippen molar-refractivity contribution in [2.75, 3.05) is 11.9 Å². The van der Waals surface area contributed by atoms with Gasteiger partial charge in [-0.15, -0.1) is 0 Å². The molecule has 1 aliphatic carbocycles. The fourth-order valence-electron chi connectivity index (χ4n) is 3.01. The van der Waals surface area contributed by atoms with Crippen molar-refractivity contribution in [1.29, 1.82) is 0 Å². The van der Waals surface area contributed by atoms with Gasteiger partial charge in [0.05, 0.1) is 6.54 Å². The first-order chi connectivity index (χ1) is 11.3. The zero-order chi connectivity index (χ0) is 17.3. The molecule has 1 saturated carbocycles. The Labute approximate surface area is 144 Å². The summed E-state index contributed by atoms with van der Waals surface area (Å²) in [6.07, 6.45) is 3.03. The lowest BCUT2D eigenvalue weighted by Gasteiger charge is -2.20. The maximum Gasteiger partial charge on any atom is 0.407 e. The molecule has 1 amide bonds. The van der Waals surface area contributed by atoms with E-state index < -0.39 is 11.7 Å². The van der Waals surface area contributed by atoms with Gasteiger partial charge >= 0.3 is 6.09 Å². The first kappa shape index (κ1) is 16.9. The van der Waals surface area contributed by atoms with E-state index in [-0.39, 0.29) is 6.10 Å². The highest BCUT2D eigenvalue weighted by Gasteiger charge is 2.29. The van der Waals surface area contributed by atoms with Crippen LogP contribution >= 0.6 is 0 Å². The minimum atomic E-state index is -0.484. The Hall–Kier alpha value is -1.91. The number of benzene rings is 1. The molecule has 0 aromatic heterocycles. The Balaban J connectivity index is 1.50. The van der Waals surface area contributed by atoms with Crippen molar-refractivity contribution in [3.05, 3.63) is 23.8 Å². The van der Waals surface area contributed by atoms with Gasteiger partial charge in [-0.3, -0.25) is 0 Å². The van der Waals surface area contributed by atoms with Crippen LogP contribution in [0.15, 0.2) is 18.2 Å². The van der Waals surface area contributed by atoms with Crippen LogP contribution < -0.4 is 15.4 Å². The molecule has 1 aromatic rings. The molecule has 24 heavy (non-hydrogen) atoms. The maximum atomic E-state index is 11.7. The Morgan fingerprint density at radius 3 is 2.79 bits per heavy atom. The van der Waals surface area contributed by atoms with Crippen molar-refractivity contribution in [3.8, 4) is 5.75 Å². The summed E-state index contributed by atoms with van der Waals surface area (Å²) in [6.45, 7) is 8.25. The number of anilines is 1. The molecule has 1 aromatic carbocycles. The van der Waals surface area contributed by atoms with E-state index in [0.29, 0.717) is 12.6 Å². The minimum Gasteiger partial charge on any atom is -0.488 e. The van der Waals surface area contributed by atoms with Gasteiger partial charge in [-0.1, -0.05) is 0 Å². The van der Waals surface area contributed by atoms with Crippen LogP contribution in [0.4, 0.5) is 10.5 Å². The Kier molecular flexibility index (Phi) is 4.61. The largest absolute Gasteiger partial charge is 0.488 e. The lowest BCUT2D eigenvalue weighted by molar-refractivity contribution is 0.0506. The van der Waals surface area contributed by atoms with Crippen LogP contribution in [0, 0.1) is 5.92 Å². The van der Waals surface area contributed by atoms with Crippen LogP contribution in [0.3, 0.4) is 0 Å². The molecule has 0 bridgehead atoms. The molecule has 5 nitrogen and oxygen atoms in total. The van der Waals surface area contributed by atoms with E-state index >= 15 is 0 Å². The van der Waals surface area contributed by atoms with Gasteiger partial charge in [-0.2, -0.15) is 0 Å². The van der Waals surface area contributed by atoms with Gasteiger partial charge in [0.2, 0.25) is 0 Å². The monoisotopic (exact) mass is 332 g/mol. The first-order valence-electron chi connectivity index (χ1n) is 8.83. The van der Waals surface area contributed by atoms with Crippen LogP contribution in [0.25, 0.3) is 0 Å². The quantitative estimate of drug-likeness (QED) is 0.862. The van der Waals surface area contributed by atoms with Crippen molar-refractivity contribution < 1.29 is 14.3 Å². The summed E-state index contributed by atoms with van der Waals surface area (Å²) in [4.78, 5) is 11.7. The number of hydrogen-bond donors (Lipinski definition) is 2. The molecule has 5 heteroatoms. The van der Waals surface area contributed by atoms with Crippen molar-refractivity contribution in [1.82, 2.24) is 5.32 Å². The van der Waals surface area contributed by atoms with E-state index in [1.54, 1.807) is 0 Å². The van der Waals surface area contributed by atoms with Gasteiger partial charge in [0.1, 0.15) is 17.5 Å². The average Bonchev–Trinajstić information content (AvgIpc) is 3.24. The standard InChI is InChI=1S/C19H28N2O3/c1-12(13-5-6-13)21-15-7-8-17-14(9-15)10-16(23-17)11-20-18(22)24-19(2,3)4/h7-9,12-13,16,21H,5-6,10-11H2,1-4H3,(H,20,22). The lowest BCUT2D eigenvalue weighted by atomic mass is 10.1. The molecule has 132 valence electrons. The summed E-state index contributed by atoms with van der Waals surface area (Å²) >= 11 is 0. The number of alkyl carbamates (subject to hydrolysis) is 1. The predicted octanol–water partition coefficient (Wildman–Crippen LogP) is 3.73. The molecule has 2 atom stereocenters. The van der Waals surface area contributed by atoms with Crippen molar-refractivity contribution >= 4 is 11.8 Å². The summed E-state index contributed by atoms with van der Waals surface area (Å²) in [5, 5.41) is 6.36. The molecule has 0 radical (unpaired) electrons. The third-order valence-electron chi connectivity index (χ3n) is 4.40. The van der Waals surface area contributed by atoms with Crippen molar-refractivity contribution in [2.45, 2.75) is 64.7 Å². The highest BCUT2D eigenvalue weighted by molar-refractivity contribution is 5.67. The average molecular weight is 332 g/mol. The zero-order valence-corrected chi connectivity index (χ0v) is 15.0. The molecule has 0 spiro atoms. The number of ether oxygens (including phenoxy) is 2. The second kappa shape index (κ2) is 6.54. The van der Waals surface area contributed by atoms with Gasteiger partial charge in [0, 0.05) is 18.2 Å². The Morgan fingerprint density at radius 1 is 1.38 bits per heavy atom. The van der Waals surface area contributed by atoms with E-state index in [1.165, 1.54) is 18.4 Å². The van der Waals surface area contributed by atoms with Crippen LogP contribution in [0.5, 0.6) is 5.75 Å². The maximum absolute atomic E-state index is 11.7. The molecule has 1 aliphatic heterocycles. The lowest BCUT2D eigenvalue weighted by Crippen LogP contribution is -2.38. The molecule has 1 heterocycles. The second-order valence-electron chi connectivity index (χ2n) is 7.92. The van der Waals surface area contributed by atoms with E-state index in [1.807, 2.05) is 26.8 Å². The number of amides is 1. The smallest absolute Gasteiger partial charge is 0.407 e. The van der Waals surface area contributed by atoms with Crippen molar-refractivity contribution in [2.24, 2.45) is 5.92 Å². The second-order valence-corrected chi connectivity index (χ2v) is 7.92. The zero-order valence-electron chi connectivity index (χ0n) is 15.0. The number of nitrogens with one attached hydrogen (secondary N) is 2. The number of fused-ring (bicyclic) bond motifs is 1. The first-order valence-corrected chi connectivity index (χ1v) is 8.83. The fraction of sp³-hybridized carbons (Fsp3) is 0.632.